The first-order valence-corrected chi connectivity index (χ1v) is 5.86. The molecule has 5 heteroatoms. The van der Waals surface area contributed by atoms with Gasteiger partial charge in [0.25, 0.3) is 0 Å². The molecule has 0 aliphatic rings. The monoisotopic (exact) mass is 244 g/mol. The van der Waals surface area contributed by atoms with Crippen LogP contribution in [0.4, 0.5) is 0 Å². The molecule has 1 unspecified atom stereocenters. The lowest BCUT2D eigenvalue weighted by Gasteiger charge is -2.31. The number of rotatable bonds is 3. The Balaban J connectivity index is 3.24. The van der Waals surface area contributed by atoms with E-state index in [4.69, 9.17) is 17.4 Å². The van der Waals surface area contributed by atoms with E-state index in [0.717, 1.165) is 5.69 Å². The molecule has 16 heavy (non-hydrogen) atoms. The molecule has 4 nitrogen and oxygen atoms in total. The highest BCUT2D eigenvalue weighted by atomic mass is 35.5. The topological polar surface area (TPSA) is 55.9 Å². The number of nitrogens with zero attached hydrogens (tertiary/aromatic N) is 2. The SMILES string of the molecule is CC(C)n1ncc(Cl)c1C(NN)C(C)(C)C. The van der Waals surface area contributed by atoms with Crippen LogP contribution >= 0.6 is 11.6 Å². The Morgan fingerprint density at radius 2 is 2.00 bits per heavy atom. The first kappa shape index (κ1) is 13.5. The normalized spacial score (nSPS) is 14.5. The number of hydrazine groups is 1. The smallest absolute Gasteiger partial charge is 0.0835 e. The minimum absolute atomic E-state index is 0.0228. The summed E-state index contributed by atoms with van der Waals surface area (Å²) in [5, 5.41) is 4.95. The van der Waals surface area contributed by atoms with Gasteiger partial charge in [-0.2, -0.15) is 5.10 Å². The van der Waals surface area contributed by atoms with Crippen LogP contribution in [0.25, 0.3) is 0 Å². The van der Waals surface area contributed by atoms with E-state index in [-0.39, 0.29) is 17.5 Å². The number of aromatic nitrogens is 2. The zero-order chi connectivity index (χ0) is 12.5. The van der Waals surface area contributed by atoms with Crippen molar-refractivity contribution >= 4 is 11.6 Å². The van der Waals surface area contributed by atoms with Crippen molar-refractivity contribution < 1.29 is 0 Å². The quantitative estimate of drug-likeness (QED) is 0.635. The van der Waals surface area contributed by atoms with E-state index < -0.39 is 0 Å². The van der Waals surface area contributed by atoms with E-state index in [0.29, 0.717) is 5.02 Å². The molecule has 0 aliphatic carbocycles. The molecule has 0 saturated heterocycles. The predicted octanol–water partition coefficient (Wildman–Crippen LogP) is 2.67. The number of nitrogens with two attached hydrogens (primary N) is 1. The standard InChI is InChI=1S/C11H21ClN4/c1-7(2)16-9(8(12)6-14-16)10(15-13)11(3,4)5/h6-7,10,15H,13H2,1-5H3. The summed E-state index contributed by atoms with van der Waals surface area (Å²) in [5.41, 5.74) is 3.76. The fourth-order valence-electron chi connectivity index (χ4n) is 1.77. The van der Waals surface area contributed by atoms with Gasteiger partial charge in [-0.1, -0.05) is 32.4 Å². The molecule has 0 fully saturated rings. The summed E-state index contributed by atoms with van der Waals surface area (Å²) in [6.45, 7) is 10.5. The summed E-state index contributed by atoms with van der Waals surface area (Å²) >= 11 is 6.19. The maximum atomic E-state index is 6.19. The van der Waals surface area contributed by atoms with E-state index in [2.05, 4.69) is 45.1 Å². The van der Waals surface area contributed by atoms with Crippen LogP contribution in [0.1, 0.15) is 52.4 Å². The Morgan fingerprint density at radius 1 is 1.44 bits per heavy atom. The number of halogens is 1. The number of hydrogen-bond acceptors (Lipinski definition) is 3. The molecule has 1 aromatic heterocycles. The van der Waals surface area contributed by atoms with Crippen LogP contribution in [-0.2, 0) is 0 Å². The first-order chi connectivity index (χ1) is 7.29. The summed E-state index contributed by atoms with van der Waals surface area (Å²) < 4.78 is 1.91. The molecule has 1 aromatic rings. The van der Waals surface area contributed by atoms with Crippen molar-refractivity contribution in [2.24, 2.45) is 11.3 Å². The Kier molecular flexibility index (Phi) is 3.99. The molecule has 0 aliphatic heterocycles. The van der Waals surface area contributed by atoms with E-state index in [1.165, 1.54) is 0 Å². The zero-order valence-electron chi connectivity index (χ0n) is 10.6. The van der Waals surface area contributed by atoms with Crippen LogP contribution in [0, 0.1) is 5.41 Å². The van der Waals surface area contributed by atoms with E-state index in [1.54, 1.807) is 6.20 Å². The minimum atomic E-state index is -0.0232. The van der Waals surface area contributed by atoms with Gasteiger partial charge in [-0.3, -0.25) is 16.0 Å². The van der Waals surface area contributed by atoms with Gasteiger partial charge in [0.15, 0.2) is 0 Å². The molecular formula is C11H21ClN4. The Morgan fingerprint density at radius 3 is 2.38 bits per heavy atom. The average Bonchev–Trinajstić information content (AvgIpc) is 2.47. The molecule has 0 spiro atoms. The summed E-state index contributed by atoms with van der Waals surface area (Å²) in [5.74, 6) is 5.64. The number of hydrogen-bond donors (Lipinski definition) is 2. The minimum Gasteiger partial charge on any atom is -0.271 e. The van der Waals surface area contributed by atoms with Crippen LogP contribution < -0.4 is 11.3 Å². The van der Waals surface area contributed by atoms with Gasteiger partial charge < -0.3 is 0 Å². The molecule has 92 valence electrons. The molecule has 0 bridgehead atoms. The van der Waals surface area contributed by atoms with Crippen molar-refractivity contribution in [3.63, 3.8) is 0 Å². The lowest BCUT2D eigenvalue weighted by molar-refractivity contribution is 0.257. The molecule has 3 N–H and O–H groups in total. The van der Waals surface area contributed by atoms with Crippen LogP contribution in [0.5, 0.6) is 0 Å². The second kappa shape index (κ2) is 4.73. The van der Waals surface area contributed by atoms with Gasteiger partial charge in [0, 0.05) is 6.04 Å². The molecule has 1 atom stereocenters. The molecule has 1 rings (SSSR count). The second-order valence-electron chi connectivity index (χ2n) is 5.38. The van der Waals surface area contributed by atoms with Crippen molar-refractivity contribution in [2.45, 2.75) is 46.7 Å². The third-order valence-electron chi connectivity index (χ3n) is 2.58. The van der Waals surface area contributed by atoms with Gasteiger partial charge in [-0.25, -0.2) is 0 Å². The predicted molar refractivity (Wildman–Crippen MR) is 67.1 cm³/mol. The maximum Gasteiger partial charge on any atom is 0.0835 e. The molecular weight excluding hydrogens is 224 g/mol. The van der Waals surface area contributed by atoms with Crippen molar-refractivity contribution in [1.29, 1.82) is 0 Å². The summed E-state index contributed by atoms with van der Waals surface area (Å²) in [6.07, 6.45) is 1.67. The van der Waals surface area contributed by atoms with Gasteiger partial charge >= 0.3 is 0 Å². The highest BCUT2D eigenvalue weighted by molar-refractivity contribution is 6.31. The fourth-order valence-corrected chi connectivity index (χ4v) is 2.01. The Labute approximate surface area is 102 Å². The van der Waals surface area contributed by atoms with E-state index in [9.17, 15) is 0 Å². The zero-order valence-corrected chi connectivity index (χ0v) is 11.3. The van der Waals surface area contributed by atoms with Crippen LogP contribution in [-0.4, -0.2) is 9.78 Å². The second-order valence-corrected chi connectivity index (χ2v) is 5.79. The lowest BCUT2D eigenvalue weighted by atomic mass is 9.85. The molecule has 0 saturated carbocycles. The third-order valence-corrected chi connectivity index (χ3v) is 2.87. The van der Waals surface area contributed by atoms with E-state index in [1.807, 2.05) is 4.68 Å². The van der Waals surface area contributed by atoms with E-state index >= 15 is 0 Å². The Bertz CT molecular complexity index is 351. The van der Waals surface area contributed by atoms with Crippen molar-refractivity contribution in [1.82, 2.24) is 15.2 Å². The van der Waals surface area contributed by atoms with Crippen molar-refractivity contribution in [3.8, 4) is 0 Å². The molecule has 1 heterocycles. The van der Waals surface area contributed by atoms with Gasteiger partial charge in [-0.15, -0.1) is 0 Å². The van der Waals surface area contributed by atoms with Crippen molar-refractivity contribution in [2.75, 3.05) is 0 Å². The number of nitrogens with one attached hydrogen (secondary N) is 1. The van der Waals surface area contributed by atoms with Gasteiger partial charge in [0.1, 0.15) is 0 Å². The maximum absolute atomic E-state index is 6.19. The first-order valence-electron chi connectivity index (χ1n) is 5.48. The van der Waals surface area contributed by atoms with Gasteiger partial charge in [-0.05, 0) is 19.3 Å². The van der Waals surface area contributed by atoms with Crippen molar-refractivity contribution in [3.05, 3.63) is 16.9 Å². The lowest BCUT2D eigenvalue weighted by Crippen LogP contribution is -2.38. The highest BCUT2D eigenvalue weighted by Gasteiger charge is 2.30. The fraction of sp³-hybridized carbons (Fsp3) is 0.727. The van der Waals surface area contributed by atoms with Gasteiger partial charge in [0.2, 0.25) is 0 Å². The van der Waals surface area contributed by atoms with Crippen LogP contribution in [0.2, 0.25) is 5.02 Å². The van der Waals surface area contributed by atoms with Gasteiger partial charge in [0.05, 0.1) is 23.0 Å². The highest BCUT2D eigenvalue weighted by Crippen LogP contribution is 2.36. The Hall–Kier alpha value is -0.580. The summed E-state index contributed by atoms with van der Waals surface area (Å²) in [4.78, 5) is 0. The molecule has 0 aromatic carbocycles. The average molecular weight is 245 g/mol. The van der Waals surface area contributed by atoms with Crippen LogP contribution in [0.15, 0.2) is 6.20 Å². The summed E-state index contributed by atoms with van der Waals surface area (Å²) in [6, 6.07) is 0.241. The molecule has 0 amide bonds. The molecule has 0 radical (unpaired) electrons. The summed E-state index contributed by atoms with van der Waals surface area (Å²) in [7, 11) is 0. The largest absolute Gasteiger partial charge is 0.271 e. The third kappa shape index (κ3) is 2.56. The van der Waals surface area contributed by atoms with Crippen LogP contribution in [0.3, 0.4) is 0 Å².